The summed E-state index contributed by atoms with van der Waals surface area (Å²) in [5, 5.41) is 0. The Morgan fingerprint density at radius 3 is 2.70 bits per heavy atom. The first kappa shape index (κ1) is 13.1. The Hall–Kier alpha value is -1.92. The summed E-state index contributed by atoms with van der Waals surface area (Å²) in [6, 6.07) is 9.64. The standard InChI is InChI=1S/C14H11BrFN3O/c15-12-8(2-1-3-9(12)16)13(17)7-4-5-10-11(6-7)19-14(20)18-10/h1-6,13H,17H2,(H2,18,19,20). The van der Waals surface area contributed by atoms with Gasteiger partial charge in [0, 0.05) is 0 Å². The van der Waals surface area contributed by atoms with Crippen LogP contribution in [0, 0.1) is 5.82 Å². The molecule has 2 aromatic carbocycles. The maximum absolute atomic E-state index is 13.6. The largest absolute Gasteiger partial charge is 0.323 e. The Balaban J connectivity index is 2.09. The Kier molecular flexibility index (Phi) is 3.19. The van der Waals surface area contributed by atoms with Gasteiger partial charge in [-0.05, 0) is 45.3 Å². The summed E-state index contributed by atoms with van der Waals surface area (Å²) < 4.78 is 13.9. The van der Waals surface area contributed by atoms with Crippen molar-refractivity contribution < 1.29 is 4.39 Å². The predicted molar refractivity (Wildman–Crippen MR) is 79.0 cm³/mol. The molecular formula is C14H11BrFN3O. The van der Waals surface area contributed by atoms with Crippen molar-refractivity contribution >= 4 is 27.0 Å². The van der Waals surface area contributed by atoms with E-state index in [1.807, 2.05) is 6.07 Å². The van der Waals surface area contributed by atoms with Crippen molar-refractivity contribution in [2.45, 2.75) is 6.04 Å². The van der Waals surface area contributed by atoms with E-state index in [2.05, 4.69) is 25.9 Å². The van der Waals surface area contributed by atoms with Crippen LogP contribution in [0.3, 0.4) is 0 Å². The number of hydrogen-bond donors (Lipinski definition) is 3. The van der Waals surface area contributed by atoms with Gasteiger partial charge in [0.05, 0.1) is 21.5 Å². The molecule has 4 nitrogen and oxygen atoms in total. The fraction of sp³-hybridized carbons (Fsp3) is 0.0714. The van der Waals surface area contributed by atoms with Crippen LogP contribution in [0.4, 0.5) is 4.39 Å². The molecule has 0 aliphatic carbocycles. The molecule has 4 N–H and O–H groups in total. The smallest absolute Gasteiger partial charge is 0.320 e. The van der Waals surface area contributed by atoms with Crippen molar-refractivity contribution in [3.05, 3.63) is 68.3 Å². The molecule has 0 aliphatic rings. The van der Waals surface area contributed by atoms with E-state index >= 15 is 0 Å². The number of fused-ring (bicyclic) bond motifs is 1. The molecule has 0 saturated carbocycles. The summed E-state index contributed by atoms with van der Waals surface area (Å²) in [6.07, 6.45) is 0. The van der Waals surface area contributed by atoms with E-state index in [0.29, 0.717) is 21.1 Å². The fourth-order valence-corrected chi connectivity index (χ4v) is 2.69. The maximum Gasteiger partial charge on any atom is 0.323 e. The van der Waals surface area contributed by atoms with E-state index in [4.69, 9.17) is 5.73 Å². The lowest BCUT2D eigenvalue weighted by Gasteiger charge is -2.14. The fourth-order valence-electron chi connectivity index (χ4n) is 2.18. The molecule has 102 valence electrons. The zero-order valence-corrected chi connectivity index (χ0v) is 11.9. The minimum Gasteiger partial charge on any atom is -0.320 e. The highest BCUT2D eigenvalue weighted by Crippen LogP contribution is 2.29. The summed E-state index contributed by atoms with van der Waals surface area (Å²) in [5.41, 5.74) is 8.75. The van der Waals surface area contributed by atoms with E-state index in [1.54, 1.807) is 24.3 Å². The zero-order valence-electron chi connectivity index (χ0n) is 10.3. The molecule has 0 saturated heterocycles. The first-order chi connectivity index (χ1) is 9.56. The van der Waals surface area contributed by atoms with Crippen LogP contribution in [-0.2, 0) is 0 Å². The quantitative estimate of drug-likeness (QED) is 0.673. The Morgan fingerprint density at radius 2 is 1.90 bits per heavy atom. The lowest BCUT2D eigenvalue weighted by Crippen LogP contribution is -2.13. The molecular weight excluding hydrogens is 325 g/mol. The Labute approximate surface area is 121 Å². The Morgan fingerprint density at radius 1 is 1.15 bits per heavy atom. The number of rotatable bonds is 2. The third-order valence-corrected chi connectivity index (χ3v) is 4.05. The number of halogens is 2. The molecule has 0 amide bonds. The van der Waals surface area contributed by atoms with Crippen LogP contribution >= 0.6 is 15.9 Å². The lowest BCUT2D eigenvalue weighted by atomic mass is 9.99. The van der Waals surface area contributed by atoms with Gasteiger partial charge >= 0.3 is 5.69 Å². The molecule has 1 heterocycles. The van der Waals surface area contributed by atoms with Crippen molar-refractivity contribution in [2.75, 3.05) is 0 Å². The second kappa shape index (κ2) is 4.88. The number of H-pyrrole nitrogens is 2. The van der Waals surface area contributed by atoms with Gasteiger partial charge in [0.25, 0.3) is 0 Å². The van der Waals surface area contributed by atoms with Crippen LogP contribution in [-0.4, -0.2) is 9.97 Å². The van der Waals surface area contributed by atoms with Gasteiger partial charge in [0.15, 0.2) is 0 Å². The number of imidazole rings is 1. The highest BCUT2D eigenvalue weighted by atomic mass is 79.9. The van der Waals surface area contributed by atoms with E-state index in [0.717, 1.165) is 5.56 Å². The third-order valence-electron chi connectivity index (χ3n) is 3.22. The molecule has 0 radical (unpaired) electrons. The minimum absolute atomic E-state index is 0.266. The van der Waals surface area contributed by atoms with Gasteiger partial charge < -0.3 is 15.7 Å². The van der Waals surface area contributed by atoms with Gasteiger partial charge in [-0.1, -0.05) is 18.2 Å². The topological polar surface area (TPSA) is 74.7 Å². The molecule has 0 aliphatic heterocycles. The van der Waals surface area contributed by atoms with Crippen molar-refractivity contribution in [1.29, 1.82) is 0 Å². The van der Waals surface area contributed by atoms with Gasteiger partial charge in [0.2, 0.25) is 0 Å². The molecule has 1 unspecified atom stereocenters. The van der Waals surface area contributed by atoms with Crippen LogP contribution in [0.25, 0.3) is 11.0 Å². The first-order valence-corrected chi connectivity index (χ1v) is 6.77. The van der Waals surface area contributed by atoms with Crippen LogP contribution in [0.1, 0.15) is 17.2 Å². The average molecular weight is 336 g/mol. The number of nitrogens with one attached hydrogen (secondary N) is 2. The first-order valence-electron chi connectivity index (χ1n) is 5.97. The predicted octanol–water partition coefficient (Wildman–Crippen LogP) is 2.81. The lowest BCUT2D eigenvalue weighted by molar-refractivity contribution is 0.616. The van der Waals surface area contributed by atoms with E-state index in [1.165, 1.54) is 6.07 Å². The molecule has 0 bridgehead atoms. The van der Waals surface area contributed by atoms with Crippen LogP contribution < -0.4 is 11.4 Å². The van der Waals surface area contributed by atoms with E-state index in [9.17, 15) is 9.18 Å². The second-order valence-corrected chi connectivity index (χ2v) is 5.30. The number of aromatic amines is 2. The molecule has 20 heavy (non-hydrogen) atoms. The monoisotopic (exact) mass is 335 g/mol. The van der Waals surface area contributed by atoms with Gasteiger partial charge in [-0.3, -0.25) is 0 Å². The number of benzene rings is 2. The molecule has 3 rings (SSSR count). The molecule has 1 atom stereocenters. The summed E-state index contributed by atoms with van der Waals surface area (Å²) in [4.78, 5) is 16.6. The minimum atomic E-state index is -0.483. The second-order valence-electron chi connectivity index (χ2n) is 4.50. The van der Waals surface area contributed by atoms with Crippen molar-refractivity contribution in [2.24, 2.45) is 5.73 Å². The van der Waals surface area contributed by atoms with Crippen LogP contribution in [0.15, 0.2) is 45.7 Å². The van der Waals surface area contributed by atoms with Crippen molar-refractivity contribution in [3.63, 3.8) is 0 Å². The van der Waals surface area contributed by atoms with Crippen LogP contribution in [0.2, 0.25) is 0 Å². The third kappa shape index (κ3) is 2.17. The normalized spacial score (nSPS) is 12.8. The number of nitrogens with two attached hydrogens (primary N) is 1. The number of aromatic nitrogens is 2. The average Bonchev–Trinajstić information content (AvgIpc) is 2.80. The molecule has 6 heteroatoms. The van der Waals surface area contributed by atoms with Gasteiger partial charge in [-0.2, -0.15) is 0 Å². The Bertz CT molecular complexity index is 840. The molecule has 3 aromatic rings. The zero-order chi connectivity index (χ0) is 14.3. The highest BCUT2D eigenvalue weighted by molar-refractivity contribution is 9.10. The summed E-state index contributed by atoms with van der Waals surface area (Å²) in [6.45, 7) is 0. The highest BCUT2D eigenvalue weighted by Gasteiger charge is 2.15. The summed E-state index contributed by atoms with van der Waals surface area (Å²) in [5.74, 6) is -0.353. The molecule has 0 spiro atoms. The molecule has 0 fully saturated rings. The number of hydrogen-bond acceptors (Lipinski definition) is 2. The van der Waals surface area contributed by atoms with Crippen LogP contribution in [0.5, 0.6) is 0 Å². The SMILES string of the molecule is NC(c1ccc2[nH]c(=O)[nH]c2c1)c1cccc(F)c1Br. The van der Waals surface area contributed by atoms with Gasteiger partial charge in [-0.15, -0.1) is 0 Å². The van der Waals surface area contributed by atoms with Gasteiger partial charge in [0.1, 0.15) is 5.82 Å². The van der Waals surface area contributed by atoms with E-state index in [-0.39, 0.29) is 11.5 Å². The molecule has 1 aromatic heterocycles. The maximum atomic E-state index is 13.6. The summed E-state index contributed by atoms with van der Waals surface area (Å²) >= 11 is 3.21. The van der Waals surface area contributed by atoms with Gasteiger partial charge in [-0.25, -0.2) is 9.18 Å². The summed E-state index contributed by atoms with van der Waals surface area (Å²) in [7, 11) is 0. The van der Waals surface area contributed by atoms with Crippen molar-refractivity contribution in [3.8, 4) is 0 Å². The van der Waals surface area contributed by atoms with Crippen molar-refractivity contribution in [1.82, 2.24) is 9.97 Å². The van der Waals surface area contributed by atoms with E-state index < -0.39 is 6.04 Å².